The van der Waals surface area contributed by atoms with Crippen molar-refractivity contribution in [2.45, 2.75) is 12.8 Å². The summed E-state index contributed by atoms with van der Waals surface area (Å²) in [6.45, 7) is 7.70. The van der Waals surface area contributed by atoms with Crippen LogP contribution in [0.4, 0.5) is 0 Å². The molecule has 1 aliphatic rings. The minimum atomic E-state index is 0. The summed E-state index contributed by atoms with van der Waals surface area (Å²) in [6.07, 6.45) is 8.68. The molecule has 0 heterocycles. The Morgan fingerprint density at radius 3 is 2.40 bits per heavy atom. The molecule has 10 heavy (non-hydrogen) atoms. The smallest absolute Gasteiger partial charge is 0.366 e. The predicted molar refractivity (Wildman–Crippen MR) is 40.7 cm³/mol. The van der Waals surface area contributed by atoms with Crippen molar-refractivity contribution in [1.29, 1.82) is 0 Å². The first-order valence-corrected chi connectivity index (χ1v) is 3.32. The summed E-state index contributed by atoms with van der Waals surface area (Å²) >= 11 is 0. The van der Waals surface area contributed by atoms with Crippen molar-refractivity contribution in [3.8, 4) is 0 Å². The molecule has 0 radical (unpaired) electrons. The van der Waals surface area contributed by atoms with Gasteiger partial charge in [0.15, 0.2) is 0 Å². The first-order valence-electron chi connectivity index (χ1n) is 3.32. The summed E-state index contributed by atoms with van der Waals surface area (Å²) < 4.78 is 0. The third-order valence-electron chi connectivity index (χ3n) is 1.57. The molecule has 0 aromatic heterocycles. The van der Waals surface area contributed by atoms with Gasteiger partial charge in [-0.1, -0.05) is 18.2 Å². The fraction of sp³-hybridized carbons (Fsp3) is 0.333. The van der Waals surface area contributed by atoms with Gasteiger partial charge in [0.05, 0.1) is 0 Å². The van der Waals surface area contributed by atoms with E-state index in [1.165, 1.54) is 5.57 Å². The van der Waals surface area contributed by atoms with Gasteiger partial charge in [0.25, 0.3) is 0 Å². The molecule has 0 unspecified atom stereocenters. The van der Waals surface area contributed by atoms with Gasteiger partial charge in [-0.25, -0.2) is 0 Å². The van der Waals surface area contributed by atoms with E-state index in [4.69, 9.17) is 0 Å². The van der Waals surface area contributed by atoms with E-state index < -0.39 is 0 Å². The summed E-state index contributed by atoms with van der Waals surface area (Å²) in [5, 5.41) is 0. The Morgan fingerprint density at radius 2 is 2.10 bits per heavy atom. The third-order valence-corrected chi connectivity index (χ3v) is 1.57. The van der Waals surface area contributed by atoms with Gasteiger partial charge >= 0.3 is 29.6 Å². The van der Waals surface area contributed by atoms with Crippen LogP contribution in [0.5, 0.6) is 0 Å². The van der Waals surface area contributed by atoms with E-state index in [-0.39, 0.29) is 35.5 Å². The van der Waals surface area contributed by atoms with Gasteiger partial charge in [0.2, 0.25) is 0 Å². The molecule has 0 aromatic rings. The zero-order chi connectivity index (χ0) is 6.69. The molecule has 0 atom stereocenters. The van der Waals surface area contributed by atoms with Crippen LogP contribution in [-0.2, 0) is 0 Å². The molecule has 0 saturated heterocycles. The summed E-state index contributed by atoms with van der Waals surface area (Å²) in [4.78, 5) is 0. The molecule has 0 saturated carbocycles. The fourth-order valence-corrected chi connectivity index (χ4v) is 0.961. The number of rotatable bonds is 1. The second-order valence-electron chi connectivity index (χ2n) is 2.41. The SMILES string of the molecule is [CH2-]C([CH2-])C1=CC=CCC1.[Na+]. The maximum Gasteiger partial charge on any atom is 1.00 e. The first-order chi connectivity index (χ1) is 4.30. The van der Waals surface area contributed by atoms with Crippen molar-refractivity contribution >= 4 is 0 Å². The number of hydrogen-bond donors (Lipinski definition) is 0. The zero-order valence-electron chi connectivity index (χ0n) is 6.64. The van der Waals surface area contributed by atoms with Crippen LogP contribution in [-0.4, -0.2) is 0 Å². The largest absolute Gasteiger partial charge is 1.00 e. The van der Waals surface area contributed by atoms with Crippen molar-refractivity contribution in [3.63, 3.8) is 0 Å². The van der Waals surface area contributed by atoms with Crippen LogP contribution in [0.2, 0.25) is 0 Å². The fourth-order valence-electron chi connectivity index (χ4n) is 0.961. The normalized spacial score (nSPS) is 16.5. The minimum absolute atomic E-state index is 0. The summed E-state index contributed by atoms with van der Waals surface area (Å²) in [6, 6.07) is 0. The molecule has 0 aromatic carbocycles. The van der Waals surface area contributed by atoms with Gasteiger partial charge in [-0.2, -0.15) is 0 Å². The van der Waals surface area contributed by atoms with E-state index in [2.05, 4.69) is 32.1 Å². The van der Waals surface area contributed by atoms with E-state index in [1.54, 1.807) is 0 Å². The molecule has 0 spiro atoms. The van der Waals surface area contributed by atoms with E-state index in [1.807, 2.05) is 0 Å². The van der Waals surface area contributed by atoms with E-state index in [0.29, 0.717) is 0 Å². The van der Waals surface area contributed by atoms with E-state index in [9.17, 15) is 0 Å². The van der Waals surface area contributed by atoms with Gasteiger partial charge in [0.1, 0.15) is 0 Å². The van der Waals surface area contributed by atoms with Crippen LogP contribution in [0.25, 0.3) is 0 Å². The Hall–Kier alpha value is 0.480. The maximum absolute atomic E-state index is 3.85. The van der Waals surface area contributed by atoms with Crippen molar-refractivity contribution in [1.82, 2.24) is 0 Å². The Labute approximate surface area is 85.7 Å². The van der Waals surface area contributed by atoms with Gasteiger partial charge < -0.3 is 13.8 Å². The van der Waals surface area contributed by atoms with Crippen molar-refractivity contribution in [2.75, 3.05) is 0 Å². The van der Waals surface area contributed by atoms with Crippen LogP contribution >= 0.6 is 0 Å². The first kappa shape index (κ1) is 10.5. The van der Waals surface area contributed by atoms with Gasteiger partial charge in [-0.15, -0.1) is 5.57 Å². The second-order valence-corrected chi connectivity index (χ2v) is 2.41. The number of hydrogen-bond acceptors (Lipinski definition) is 0. The standard InChI is InChI=1S/C9H12.Na/c1-8(2)9-6-4-3-5-7-9;/h3-4,6,8H,1-2,5,7H2;/q-2;+1. The molecule has 0 aliphatic heterocycles. The molecule has 1 rings (SSSR count). The van der Waals surface area contributed by atoms with Gasteiger partial charge in [0, 0.05) is 0 Å². The summed E-state index contributed by atoms with van der Waals surface area (Å²) in [5.74, 6) is 0.245. The monoisotopic (exact) mass is 143 g/mol. The quantitative estimate of drug-likeness (QED) is 0.344. The molecule has 0 fully saturated rings. The molecule has 0 amide bonds. The Bertz CT molecular complexity index is 143. The Kier molecular flexibility index (Phi) is 5.42. The topological polar surface area (TPSA) is 0 Å². The summed E-state index contributed by atoms with van der Waals surface area (Å²) in [7, 11) is 0. The van der Waals surface area contributed by atoms with Crippen molar-refractivity contribution in [3.05, 3.63) is 37.6 Å². The average molecular weight is 143 g/mol. The van der Waals surface area contributed by atoms with Crippen molar-refractivity contribution in [2.24, 2.45) is 5.92 Å². The molecular weight excluding hydrogens is 131 g/mol. The Balaban J connectivity index is 0.000000810. The molecular formula is C9H12Na-. The van der Waals surface area contributed by atoms with Gasteiger partial charge in [-0.05, 0) is 12.8 Å². The van der Waals surface area contributed by atoms with Crippen molar-refractivity contribution < 1.29 is 29.6 Å². The van der Waals surface area contributed by atoms with Crippen LogP contribution in [0, 0.1) is 19.8 Å². The molecule has 1 aliphatic carbocycles. The molecule has 0 bridgehead atoms. The second kappa shape index (κ2) is 5.17. The van der Waals surface area contributed by atoms with E-state index in [0.717, 1.165) is 12.8 Å². The molecule has 0 N–H and O–H groups in total. The molecule has 50 valence electrons. The number of allylic oxidation sites excluding steroid dienone is 4. The van der Waals surface area contributed by atoms with E-state index >= 15 is 0 Å². The zero-order valence-corrected chi connectivity index (χ0v) is 8.64. The van der Waals surface area contributed by atoms with Gasteiger partial charge in [-0.3, -0.25) is 5.92 Å². The summed E-state index contributed by atoms with van der Waals surface area (Å²) in [5.41, 5.74) is 1.37. The van der Waals surface area contributed by atoms with Crippen LogP contribution in [0.1, 0.15) is 12.8 Å². The van der Waals surface area contributed by atoms with Crippen LogP contribution in [0.3, 0.4) is 0 Å². The maximum atomic E-state index is 3.85. The Morgan fingerprint density at radius 1 is 1.40 bits per heavy atom. The third kappa shape index (κ3) is 3.05. The van der Waals surface area contributed by atoms with Crippen LogP contribution in [0.15, 0.2) is 23.8 Å². The average Bonchev–Trinajstić information content (AvgIpc) is 1.90. The van der Waals surface area contributed by atoms with Crippen LogP contribution < -0.4 is 29.6 Å². The minimum Gasteiger partial charge on any atom is -0.366 e. The predicted octanol–water partition coefficient (Wildman–Crippen LogP) is -0.449. The molecule has 0 nitrogen and oxygen atoms in total. The molecule has 1 heteroatoms.